The molecule has 3 rings (SSSR count). The second-order valence-electron chi connectivity index (χ2n) is 7.79. The lowest BCUT2D eigenvalue weighted by atomic mass is 10.0. The predicted octanol–water partition coefficient (Wildman–Crippen LogP) is 1.44. The Kier molecular flexibility index (Phi) is 7.57. The standard InChI is InChI=1S/C23H24F2N4O5/c1-28(2)18(30)12-29-17-10-14(8-13-4-5-15(24)16(25)9-13)11-27-20(17)21(31)19(23(29)33)22(32)26-6-7-34-3/h4-5,9-11,31H,6-8,12H2,1-3H3,(H,26,32). The third-order valence-electron chi connectivity index (χ3n) is 5.14. The highest BCUT2D eigenvalue weighted by Gasteiger charge is 2.24. The SMILES string of the molecule is COCCNC(=O)c1c(O)c2ncc(Cc3ccc(F)c(F)c3)cc2n(CC(=O)N(C)C)c1=O. The summed E-state index contributed by atoms with van der Waals surface area (Å²) in [5.74, 6) is -3.85. The van der Waals surface area contributed by atoms with Crippen molar-refractivity contribution in [2.45, 2.75) is 13.0 Å². The Morgan fingerprint density at radius 3 is 2.56 bits per heavy atom. The van der Waals surface area contributed by atoms with Crippen LogP contribution in [0.4, 0.5) is 8.78 Å². The second kappa shape index (κ2) is 10.4. The number of ether oxygens (including phenoxy) is 1. The van der Waals surface area contributed by atoms with Crippen LogP contribution in [0.25, 0.3) is 11.0 Å². The molecule has 2 amide bonds. The van der Waals surface area contributed by atoms with Gasteiger partial charge in [0.15, 0.2) is 17.4 Å². The van der Waals surface area contributed by atoms with Crippen molar-refractivity contribution in [3.05, 3.63) is 69.1 Å². The molecule has 0 saturated heterocycles. The topological polar surface area (TPSA) is 114 Å². The minimum Gasteiger partial charge on any atom is -0.505 e. The highest BCUT2D eigenvalue weighted by molar-refractivity contribution is 6.01. The van der Waals surface area contributed by atoms with Gasteiger partial charge in [-0.25, -0.2) is 8.78 Å². The van der Waals surface area contributed by atoms with Gasteiger partial charge in [0.05, 0.1) is 12.1 Å². The predicted molar refractivity (Wildman–Crippen MR) is 120 cm³/mol. The molecule has 0 saturated carbocycles. The van der Waals surface area contributed by atoms with E-state index in [4.69, 9.17) is 4.74 Å². The average molecular weight is 474 g/mol. The smallest absolute Gasteiger partial charge is 0.268 e. The van der Waals surface area contributed by atoms with E-state index in [1.807, 2.05) is 0 Å². The molecular weight excluding hydrogens is 450 g/mol. The van der Waals surface area contributed by atoms with Gasteiger partial charge in [-0.3, -0.25) is 23.9 Å². The molecule has 180 valence electrons. The molecule has 34 heavy (non-hydrogen) atoms. The van der Waals surface area contributed by atoms with E-state index in [2.05, 4.69) is 10.3 Å². The zero-order valence-electron chi connectivity index (χ0n) is 18.9. The summed E-state index contributed by atoms with van der Waals surface area (Å²) < 4.78 is 32.8. The molecule has 0 bridgehead atoms. The molecule has 0 radical (unpaired) electrons. The van der Waals surface area contributed by atoms with Gasteiger partial charge in [0.25, 0.3) is 11.5 Å². The van der Waals surface area contributed by atoms with E-state index in [1.54, 1.807) is 0 Å². The first-order valence-electron chi connectivity index (χ1n) is 10.3. The van der Waals surface area contributed by atoms with Gasteiger partial charge in [0, 0.05) is 33.9 Å². The first-order chi connectivity index (χ1) is 16.1. The number of methoxy groups -OCH3 is 1. The van der Waals surface area contributed by atoms with Crippen molar-refractivity contribution < 1.29 is 28.2 Å². The number of rotatable bonds is 8. The molecule has 0 aliphatic rings. The summed E-state index contributed by atoms with van der Waals surface area (Å²) in [6, 6.07) is 4.98. The summed E-state index contributed by atoms with van der Waals surface area (Å²) in [7, 11) is 4.48. The van der Waals surface area contributed by atoms with Crippen LogP contribution in [0.5, 0.6) is 5.75 Å². The van der Waals surface area contributed by atoms with Crippen LogP contribution in [0, 0.1) is 11.6 Å². The number of aromatic nitrogens is 2. The van der Waals surface area contributed by atoms with Crippen molar-refractivity contribution >= 4 is 22.8 Å². The van der Waals surface area contributed by atoms with Gasteiger partial charge in [0.2, 0.25) is 5.91 Å². The molecule has 0 fully saturated rings. The van der Waals surface area contributed by atoms with Crippen molar-refractivity contribution in [1.82, 2.24) is 19.8 Å². The molecule has 0 spiro atoms. The van der Waals surface area contributed by atoms with Gasteiger partial charge in [0.1, 0.15) is 17.6 Å². The second-order valence-corrected chi connectivity index (χ2v) is 7.79. The average Bonchev–Trinajstić information content (AvgIpc) is 2.79. The Labute approximate surface area is 193 Å². The van der Waals surface area contributed by atoms with E-state index in [0.29, 0.717) is 11.1 Å². The zero-order valence-corrected chi connectivity index (χ0v) is 18.9. The van der Waals surface area contributed by atoms with Crippen LogP contribution in [-0.2, 0) is 22.5 Å². The number of carbonyl (C=O) groups is 2. The summed E-state index contributed by atoms with van der Waals surface area (Å²) in [4.78, 5) is 43.7. The van der Waals surface area contributed by atoms with Crippen LogP contribution in [0.3, 0.4) is 0 Å². The molecule has 11 heteroatoms. The molecule has 0 unspecified atom stereocenters. The minimum absolute atomic E-state index is 0.0583. The van der Waals surface area contributed by atoms with Crippen molar-refractivity contribution in [3.8, 4) is 5.75 Å². The summed E-state index contributed by atoms with van der Waals surface area (Å²) in [5.41, 5.74) is -0.390. The van der Waals surface area contributed by atoms with Gasteiger partial charge < -0.3 is 20.1 Å². The van der Waals surface area contributed by atoms with Crippen LogP contribution in [0.1, 0.15) is 21.5 Å². The molecule has 0 aliphatic carbocycles. The maximum atomic E-state index is 13.6. The number of carbonyl (C=O) groups excluding carboxylic acids is 2. The third-order valence-corrected chi connectivity index (χ3v) is 5.14. The summed E-state index contributed by atoms with van der Waals surface area (Å²) in [6.45, 7) is -0.111. The Morgan fingerprint density at radius 1 is 1.18 bits per heavy atom. The molecule has 2 heterocycles. The summed E-state index contributed by atoms with van der Waals surface area (Å²) >= 11 is 0. The number of benzene rings is 1. The Bertz CT molecular complexity index is 1310. The summed E-state index contributed by atoms with van der Waals surface area (Å²) in [6.07, 6.45) is 1.54. The number of amides is 2. The Morgan fingerprint density at radius 2 is 1.91 bits per heavy atom. The molecule has 3 aromatic rings. The lowest BCUT2D eigenvalue weighted by molar-refractivity contribution is -0.129. The molecule has 0 aliphatic heterocycles. The van der Waals surface area contributed by atoms with Crippen LogP contribution < -0.4 is 10.9 Å². The molecule has 9 nitrogen and oxygen atoms in total. The summed E-state index contributed by atoms with van der Waals surface area (Å²) in [5, 5.41) is 13.2. The number of aromatic hydroxyl groups is 1. The largest absolute Gasteiger partial charge is 0.505 e. The number of halogens is 2. The van der Waals surface area contributed by atoms with Gasteiger partial charge in [-0.05, 0) is 35.7 Å². The van der Waals surface area contributed by atoms with E-state index in [-0.39, 0.29) is 30.6 Å². The van der Waals surface area contributed by atoms with E-state index in [0.717, 1.165) is 16.7 Å². The first kappa shape index (κ1) is 24.8. The van der Waals surface area contributed by atoms with E-state index in [1.165, 1.54) is 44.4 Å². The quantitative estimate of drug-likeness (QED) is 0.478. The van der Waals surface area contributed by atoms with E-state index in [9.17, 15) is 28.3 Å². The molecule has 0 atom stereocenters. The van der Waals surface area contributed by atoms with Crippen LogP contribution in [0.15, 0.2) is 35.3 Å². The maximum Gasteiger partial charge on any atom is 0.268 e. The highest BCUT2D eigenvalue weighted by Crippen LogP contribution is 2.26. The van der Waals surface area contributed by atoms with Crippen LogP contribution >= 0.6 is 0 Å². The number of nitrogens with zero attached hydrogens (tertiary/aromatic N) is 3. The number of hydrogen-bond donors (Lipinski definition) is 2. The van der Waals surface area contributed by atoms with Gasteiger partial charge in [-0.2, -0.15) is 0 Å². The maximum absolute atomic E-state index is 13.6. The number of pyridine rings is 2. The monoisotopic (exact) mass is 474 g/mol. The molecular formula is C23H24F2N4O5. The van der Waals surface area contributed by atoms with Crippen molar-refractivity contribution in [2.75, 3.05) is 34.4 Å². The molecule has 2 N–H and O–H groups in total. The highest BCUT2D eigenvalue weighted by atomic mass is 19.2. The molecule has 1 aromatic carbocycles. The number of hydrogen-bond acceptors (Lipinski definition) is 6. The van der Waals surface area contributed by atoms with E-state index < -0.39 is 46.9 Å². The normalized spacial score (nSPS) is 11.0. The van der Waals surface area contributed by atoms with Gasteiger partial charge in [-0.15, -0.1) is 0 Å². The Hall–Kier alpha value is -3.86. The van der Waals surface area contributed by atoms with Crippen LogP contribution in [-0.4, -0.2) is 65.7 Å². The number of fused-ring (bicyclic) bond motifs is 1. The number of nitrogens with one attached hydrogen (secondary N) is 1. The lowest BCUT2D eigenvalue weighted by Crippen LogP contribution is -2.37. The number of likely N-dealkylation sites (N-methyl/N-ethyl adjacent to an activating group) is 1. The fourth-order valence-corrected chi connectivity index (χ4v) is 3.32. The van der Waals surface area contributed by atoms with Gasteiger partial charge >= 0.3 is 0 Å². The van der Waals surface area contributed by atoms with E-state index >= 15 is 0 Å². The van der Waals surface area contributed by atoms with Gasteiger partial charge in [-0.1, -0.05) is 6.07 Å². The third kappa shape index (κ3) is 5.20. The zero-order chi connectivity index (χ0) is 25.0. The van der Waals surface area contributed by atoms with Crippen molar-refractivity contribution in [2.24, 2.45) is 0 Å². The Balaban J connectivity index is 2.14. The fraction of sp³-hybridized carbons (Fsp3) is 0.304. The first-order valence-corrected chi connectivity index (χ1v) is 10.3. The minimum atomic E-state index is -0.999. The molecule has 2 aromatic heterocycles. The fourth-order valence-electron chi connectivity index (χ4n) is 3.32. The van der Waals surface area contributed by atoms with Crippen molar-refractivity contribution in [1.29, 1.82) is 0 Å². The van der Waals surface area contributed by atoms with Crippen molar-refractivity contribution in [3.63, 3.8) is 0 Å². The van der Waals surface area contributed by atoms with Crippen LogP contribution in [0.2, 0.25) is 0 Å². The lowest BCUT2D eigenvalue weighted by Gasteiger charge is -2.17.